The van der Waals surface area contributed by atoms with Gasteiger partial charge >= 0.3 is 6.01 Å². The summed E-state index contributed by atoms with van der Waals surface area (Å²) < 4.78 is 11.9. The molecule has 4 rings (SSSR count). The molecule has 0 bridgehead atoms. The van der Waals surface area contributed by atoms with Crippen molar-refractivity contribution in [2.75, 3.05) is 19.8 Å². The van der Waals surface area contributed by atoms with E-state index in [-0.39, 0.29) is 6.10 Å². The van der Waals surface area contributed by atoms with Gasteiger partial charge in [-0.2, -0.15) is 0 Å². The SMILES string of the molecule is c1cnc(OC[C@@H]2CC[C@@H]3[C@@H]2OCCN3Cc2cccs2)nc1. The maximum atomic E-state index is 6.09. The van der Waals surface area contributed by atoms with Crippen molar-refractivity contribution in [3.8, 4) is 6.01 Å². The van der Waals surface area contributed by atoms with Crippen molar-refractivity contribution < 1.29 is 9.47 Å². The average molecular weight is 331 g/mol. The van der Waals surface area contributed by atoms with E-state index in [0.29, 0.717) is 24.6 Å². The van der Waals surface area contributed by atoms with Crippen molar-refractivity contribution in [3.05, 3.63) is 40.8 Å². The van der Waals surface area contributed by atoms with E-state index in [0.717, 1.165) is 26.1 Å². The van der Waals surface area contributed by atoms with Gasteiger partial charge in [-0.3, -0.25) is 4.90 Å². The van der Waals surface area contributed by atoms with Crippen molar-refractivity contribution in [2.45, 2.75) is 31.5 Å². The van der Waals surface area contributed by atoms with E-state index in [4.69, 9.17) is 9.47 Å². The van der Waals surface area contributed by atoms with Crippen molar-refractivity contribution in [1.82, 2.24) is 14.9 Å². The zero-order valence-corrected chi connectivity index (χ0v) is 13.8. The zero-order chi connectivity index (χ0) is 15.5. The quantitative estimate of drug-likeness (QED) is 0.843. The number of ether oxygens (including phenoxy) is 2. The molecule has 6 heteroatoms. The van der Waals surface area contributed by atoms with E-state index < -0.39 is 0 Å². The molecule has 2 aliphatic rings. The molecule has 0 radical (unpaired) electrons. The predicted molar refractivity (Wildman–Crippen MR) is 88.5 cm³/mol. The Morgan fingerprint density at radius 2 is 2.17 bits per heavy atom. The summed E-state index contributed by atoms with van der Waals surface area (Å²) in [4.78, 5) is 12.3. The first-order valence-electron chi connectivity index (χ1n) is 8.18. The van der Waals surface area contributed by atoms with Crippen LogP contribution in [0.5, 0.6) is 6.01 Å². The topological polar surface area (TPSA) is 47.5 Å². The number of fused-ring (bicyclic) bond motifs is 1. The van der Waals surface area contributed by atoms with Crippen LogP contribution in [0.25, 0.3) is 0 Å². The van der Waals surface area contributed by atoms with Gasteiger partial charge in [0.2, 0.25) is 0 Å². The molecule has 0 N–H and O–H groups in total. The first-order valence-corrected chi connectivity index (χ1v) is 9.06. The highest BCUT2D eigenvalue weighted by Gasteiger charge is 2.42. The monoisotopic (exact) mass is 331 g/mol. The second kappa shape index (κ2) is 6.95. The largest absolute Gasteiger partial charge is 0.463 e. The van der Waals surface area contributed by atoms with Crippen LogP contribution in [-0.4, -0.2) is 46.8 Å². The van der Waals surface area contributed by atoms with Crippen LogP contribution >= 0.6 is 11.3 Å². The van der Waals surface area contributed by atoms with Gasteiger partial charge in [0.1, 0.15) is 0 Å². The minimum Gasteiger partial charge on any atom is -0.463 e. The van der Waals surface area contributed by atoms with Crippen molar-refractivity contribution >= 4 is 11.3 Å². The van der Waals surface area contributed by atoms with Gasteiger partial charge in [-0.1, -0.05) is 6.07 Å². The van der Waals surface area contributed by atoms with E-state index in [1.54, 1.807) is 18.5 Å². The molecule has 3 atom stereocenters. The van der Waals surface area contributed by atoms with Gasteiger partial charge in [-0.25, -0.2) is 9.97 Å². The molecule has 0 unspecified atom stereocenters. The fourth-order valence-electron chi connectivity index (χ4n) is 3.66. The van der Waals surface area contributed by atoms with E-state index in [1.807, 2.05) is 11.3 Å². The molecule has 1 aliphatic heterocycles. The van der Waals surface area contributed by atoms with Crippen LogP contribution in [0.4, 0.5) is 0 Å². The predicted octanol–water partition coefficient (Wildman–Crippen LogP) is 2.60. The van der Waals surface area contributed by atoms with Gasteiger partial charge in [-0.15, -0.1) is 11.3 Å². The van der Waals surface area contributed by atoms with E-state index in [2.05, 4.69) is 32.4 Å². The smallest absolute Gasteiger partial charge is 0.316 e. The summed E-state index contributed by atoms with van der Waals surface area (Å²) in [5, 5.41) is 2.15. The average Bonchev–Trinajstić information content (AvgIpc) is 3.24. The highest BCUT2D eigenvalue weighted by Crippen LogP contribution is 2.35. The molecule has 122 valence electrons. The Morgan fingerprint density at radius 1 is 1.26 bits per heavy atom. The lowest BCUT2D eigenvalue weighted by Crippen LogP contribution is -2.50. The first kappa shape index (κ1) is 15.1. The maximum absolute atomic E-state index is 6.09. The van der Waals surface area contributed by atoms with Gasteiger partial charge in [0.15, 0.2) is 0 Å². The normalized spacial score (nSPS) is 27.7. The van der Waals surface area contributed by atoms with Crippen molar-refractivity contribution in [2.24, 2.45) is 5.92 Å². The highest BCUT2D eigenvalue weighted by molar-refractivity contribution is 7.09. The highest BCUT2D eigenvalue weighted by atomic mass is 32.1. The number of hydrogen-bond donors (Lipinski definition) is 0. The summed E-state index contributed by atoms with van der Waals surface area (Å²) >= 11 is 1.84. The molecule has 1 saturated heterocycles. The van der Waals surface area contributed by atoms with Gasteiger partial charge in [0, 0.05) is 42.3 Å². The molecule has 0 aromatic carbocycles. The van der Waals surface area contributed by atoms with Gasteiger partial charge in [0.25, 0.3) is 0 Å². The summed E-state index contributed by atoms with van der Waals surface area (Å²) in [5.74, 6) is 0.426. The summed E-state index contributed by atoms with van der Waals surface area (Å²) in [6.07, 6.45) is 6.01. The third-order valence-electron chi connectivity index (χ3n) is 4.74. The van der Waals surface area contributed by atoms with Crippen LogP contribution in [0.15, 0.2) is 36.0 Å². The van der Waals surface area contributed by atoms with Gasteiger partial charge in [-0.05, 0) is 30.4 Å². The van der Waals surface area contributed by atoms with E-state index in [9.17, 15) is 0 Å². The molecule has 0 spiro atoms. The number of morpholine rings is 1. The van der Waals surface area contributed by atoms with Crippen LogP contribution < -0.4 is 4.74 Å². The molecule has 1 saturated carbocycles. The first-order chi connectivity index (χ1) is 11.4. The van der Waals surface area contributed by atoms with Crippen LogP contribution in [0.2, 0.25) is 0 Å². The molecule has 23 heavy (non-hydrogen) atoms. The summed E-state index contributed by atoms with van der Waals surface area (Å²) in [6.45, 7) is 3.51. The Bertz CT molecular complexity index is 608. The Balaban J connectivity index is 1.37. The lowest BCUT2D eigenvalue weighted by molar-refractivity contribution is -0.0817. The van der Waals surface area contributed by atoms with Gasteiger partial charge < -0.3 is 9.47 Å². The van der Waals surface area contributed by atoms with Crippen molar-refractivity contribution in [3.63, 3.8) is 0 Å². The van der Waals surface area contributed by atoms with Crippen LogP contribution in [0.3, 0.4) is 0 Å². The Labute approximate surface area is 140 Å². The van der Waals surface area contributed by atoms with Crippen LogP contribution in [-0.2, 0) is 11.3 Å². The molecule has 5 nitrogen and oxygen atoms in total. The third kappa shape index (κ3) is 3.39. The fourth-order valence-corrected chi connectivity index (χ4v) is 4.39. The zero-order valence-electron chi connectivity index (χ0n) is 13.0. The number of aromatic nitrogens is 2. The number of nitrogens with zero attached hydrogens (tertiary/aromatic N) is 3. The molecular weight excluding hydrogens is 310 g/mol. The number of rotatable bonds is 5. The molecule has 2 aromatic rings. The van der Waals surface area contributed by atoms with Crippen LogP contribution in [0, 0.1) is 5.92 Å². The summed E-state index contributed by atoms with van der Waals surface area (Å²) in [5.41, 5.74) is 0. The number of hydrogen-bond acceptors (Lipinski definition) is 6. The lowest BCUT2D eigenvalue weighted by atomic mass is 10.0. The molecule has 1 aliphatic carbocycles. The van der Waals surface area contributed by atoms with Gasteiger partial charge in [0.05, 0.1) is 19.3 Å². The maximum Gasteiger partial charge on any atom is 0.316 e. The second-order valence-corrected chi connectivity index (χ2v) is 7.16. The minimum absolute atomic E-state index is 0.271. The Hall–Kier alpha value is -1.50. The van der Waals surface area contributed by atoms with E-state index in [1.165, 1.54) is 11.3 Å². The molecule has 3 heterocycles. The molecular formula is C17H21N3O2S. The summed E-state index contributed by atoms with van der Waals surface area (Å²) in [6, 6.07) is 7.12. The lowest BCUT2D eigenvalue weighted by Gasteiger charge is -2.39. The van der Waals surface area contributed by atoms with Crippen LogP contribution in [0.1, 0.15) is 17.7 Å². The fraction of sp³-hybridized carbons (Fsp3) is 0.529. The minimum atomic E-state index is 0.271. The Kier molecular flexibility index (Phi) is 4.55. The molecule has 2 fully saturated rings. The van der Waals surface area contributed by atoms with E-state index >= 15 is 0 Å². The standard InChI is InChI=1S/C17H21N3O2S/c1-3-14(23-10-1)11-20-8-9-21-16-13(4-5-15(16)20)12-22-17-18-6-2-7-19-17/h1-3,6-7,10,13,15-16H,4-5,8-9,11-12H2/t13-,15+,16+/m0/s1. The Morgan fingerprint density at radius 3 is 3.00 bits per heavy atom. The molecule has 2 aromatic heterocycles. The summed E-state index contributed by atoms with van der Waals surface area (Å²) in [7, 11) is 0. The second-order valence-electron chi connectivity index (χ2n) is 6.13. The van der Waals surface area contributed by atoms with Crippen molar-refractivity contribution in [1.29, 1.82) is 0 Å². The number of thiophene rings is 1. The third-order valence-corrected chi connectivity index (χ3v) is 5.60. The molecule has 0 amide bonds.